The SMILES string of the molecule is CC(C)(C)c1nc2c(N)cc(Br)cc2[nH]1. The highest BCUT2D eigenvalue weighted by molar-refractivity contribution is 9.10. The van der Waals surface area contributed by atoms with Gasteiger partial charge in [0.15, 0.2) is 0 Å². The van der Waals surface area contributed by atoms with Crippen molar-refractivity contribution in [1.82, 2.24) is 9.97 Å². The molecule has 0 bridgehead atoms. The molecular weight excluding hydrogens is 254 g/mol. The van der Waals surface area contributed by atoms with E-state index in [0.717, 1.165) is 21.3 Å². The summed E-state index contributed by atoms with van der Waals surface area (Å²) in [7, 11) is 0. The molecular formula is C11H14BrN3. The van der Waals surface area contributed by atoms with Gasteiger partial charge in [0.25, 0.3) is 0 Å². The summed E-state index contributed by atoms with van der Waals surface area (Å²) >= 11 is 3.42. The van der Waals surface area contributed by atoms with Gasteiger partial charge in [-0.3, -0.25) is 0 Å². The molecule has 3 nitrogen and oxygen atoms in total. The Hall–Kier alpha value is -1.03. The Labute approximate surface area is 97.2 Å². The van der Waals surface area contributed by atoms with E-state index in [2.05, 4.69) is 46.7 Å². The molecule has 0 aliphatic heterocycles. The number of hydrogen-bond acceptors (Lipinski definition) is 2. The molecule has 0 saturated heterocycles. The summed E-state index contributed by atoms with van der Waals surface area (Å²) < 4.78 is 0.969. The molecule has 0 atom stereocenters. The third-order valence-electron chi connectivity index (χ3n) is 2.29. The summed E-state index contributed by atoms with van der Waals surface area (Å²) in [4.78, 5) is 7.82. The lowest BCUT2D eigenvalue weighted by atomic mass is 9.96. The van der Waals surface area contributed by atoms with E-state index in [9.17, 15) is 0 Å². The van der Waals surface area contributed by atoms with Crippen LogP contribution in [0.3, 0.4) is 0 Å². The molecule has 0 saturated carbocycles. The molecule has 1 heterocycles. The fourth-order valence-corrected chi connectivity index (χ4v) is 1.94. The Balaban J connectivity index is 2.71. The van der Waals surface area contributed by atoms with Crippen molar-refractivity contribution in [2.24, 2.45) is 0 Å². The van der Waals surface area contributed by atoms with Crippen molar-refractivity contribution in [2.45, 2.75) is 26.2 Å². The number of hydrogen-bond donors (Lipinski definition) is 2. The summed E-state index contributed by atoms with van der Waals surface area (Å²) in [5.74, 6) is 0.960. The Bertz CT molecular complexity index is 508. The van der Waals surface area contributed by atoms with Crippen molar-refractivity contribution >= 4 is 32.7 Å². The molecule has 0 spiro atoms. The zero-order chi connectivity index (χ0) is 11.2. The molecule has 1 aromatic carbocycles. The van der Waals surface area contributed by atoms with Crippen LogP contribution in [0, 0.1) is 0 Å². The molecule has 80 valence electrons. The van der Waals surface area contributed by atoms with E-state index in [-0.39, 0.29) is 5.41 Å². The average molecular weight is 268 g/mol. The molecule has 0 radical (unpaired) electrons. The van der Waals surface area contributed by atoms with Crippen LogP contribution >= 0.6 is 15.9 Å². The van der Waals surface area contributed by atoms with E-state index >= 15 is 0 Å². The van der Waals surface area contributed by atoms with Gasteiger partial charge in [0.1, 0.15) is 11.3 Å². The number of halogens is 1. The van der Waals surface area contributed by atoms with E-state index in [1.165, 1.54) is 0 Å². The van der Waals surface area contributed by atoms with Crippen LogP contribution in [-0.2, 0) is 5.41 Å². The van der Waals surface area contributed by atoms with Crippen LogP contribution in [0.1, 0.15) is 26.6 Å². The topological polar surface area (TPSA) is 54.7 Å². The van der Waals surface area contributed by atoms with Crippen molar-refractivity contribution in [3.63, 3.8) is 0 Å². The van der Waals surface area contributed by atoms with Crippen molar-refractivity contribution in [2.75, 3.05) is 5.73 Å². The first-order valence-electron chi connectivity index (χ1n) is 4.83. The number of nitrogens with zero attached hydrogens (tertiary/aromatic N) is 1. The second-order valence-electron chi connectivity index (χ2n) is 4.73. The minimum Gasteiger partial charge on any atom is -0.397 e. The Morgan fingerprint density at radius 1 is 1.33 bits per heavy atom. The van der Waals surface area contributed by atoms with Crippen molar-refractivity contribution in [1.29, 1.82) is 0 Å². The quantitative estimate of drug-likeness (QED) is 0.721. The maximum absolute atomic E-state index is 5.90. The maximum atomic E-state index is 5.90. The predicted molar refractivity (Wildman–Crippen MR) is 66.9 cm³/mol. The predicted octanol–water partition coefficient (Wildman–Crippen LogP) is 3.21. The normalized spacial score (nSPS) is 12.3. The minimum atomic E-state index is 0.0118. The number of nitrogens with one attached hydrogen (secondary N) is 1. The van der Waals surface area contributed by atoms with Crippen LogP contribution in [0.5, 0.6) is 0 Å². The zero-order valence-corrected chi connectivity index (χ0v) is 10.6. The number of H-pyrrole nitrogens is 1. The largest absolute Gasteiger partial charge is 0.397 e. The molecule has 2 aromatic rings. The average Bonchev–Trinajstić information content (AvgIpc) is 2.46. The van der Waals surface area contributed by atoms with Gasteiger partial charge in [0, 0.05) is 9.89 Å². The van der Waals surface area contributed by atoms with E-state index in [1.54, 1.807) is 0 Å². The monoisotopic (exact) mass is 267 g/mol. The molecule has 0 aliphatic carbocycles. The first kappa shape index (κ1) is 10.5. The number of aromatic nitrogens is 2. The van der Waals surface area contributed by atoms with Gasteiger partial charge in [-0.25, -0.2) is 4.98 Å². The summed E-state index contributed by atoms with van der Waals surface area (Å²) in [6.45, 7) is 6.36. The standard InChI is InChI=1S/C11H14BrN3/c1-11(2,3)10-14-8-5-6(12)4-7(13)9(8)15-10/h4-5H,13H2,1-3H3,(H,14,15). The number of benzene rings is 1. The van der Waals surface area contributed by atoms with Crippen LogP contribution in [-0.4, -0.2) is 9.97 Å². The Morgan fingerprint density at radius 3 is 2.60 bits per heavy atom. The van der Waals surface area contributed by atoms with Gasteiger partial charge in [0.05, 0.1) is 11.2 Å². The van der Waals surface area contributed by atoms with Crippen molar-refractivity contribution < 1.29 is 0 Å². The zero-order valence-electron chi connectivity index (χ0n) is 9.06. The smallest absolute Gasteiger partial charge is 0.112 e. The fourth-order valence-electron chi connectivity index (χ4n) is 1.46. The fraction of sp³-hybridized carbons (Fsp3) is 0.364. The molecule has 0 amide bonds. The van der Waals surface area contributed by atoms with Crippen LogP contribution < -0.4 is 5.73 Å². The minimum absolute atomic E-state index is 0.0118. The van der Waals surface area contributed by atoms with Gasteiger partial charge in [-0.15, -0.1) is 0 Å². The second kappa shape index (κ2) is 3.23. The highest BCUT2D eigenvalue weighted by Crippen LogP contribution is 2.28. The highest BCUT2D eigenvalue weighted by Gasteiger charge is 2.19. The molecule has 0 fully saturated rings. The first-order chi connectivity index (χ1) is 6.88. The lowest BCUT2D eigenvalue weighted by molar-refractivity contribution is 0.554. The van der Waals surface area contributed by atoms with Gasteiger partial charge in [-0.2, -0.15) is 0 Å². The van der Waals surface area contributed by atoms with E-state index < -0.39 is 0 Å². The lowest BCUT2D eigenvalue weighted by Crippen LogP contribution is -2.13. The van der Waals surface area contributed by atoms with Crippen molar-refractivity contribution in [3.8, 4) is 0 Å². The molecule has 0 aliphatic rings. The van der Waals surface area contributed by atoms with Crippen LogP contribution in [0.15, 0.2) is 16.6 Å². The number of imidazole rings is 1. The number of nitrogens with two attached hydrogens (primary N) is 1. The van der Waals surface area contributed by atoms with Crippen LogP contribution in [0.4, 0.5) is 5.69 Å². The number of anilines is 1. The van der Waals surface area contributed by atoms with Crippen LogP contribution in [0.2, 0.25) is 0 Å². The van der Waals surface area contributed by atoms with Gasteiger partial charge in [-0.05, 0) is 12.1 Å². The molecule has 0 unspecified atom stereocenters. The third kappa shape index (κ3) is 1.86. The Morgan fingerprint density at radius 2 is 2.00 bits per heavy atom. The highest BCUT2D eigenvalue weighted by atomic mass is 79.9. The third-order valence-corrected chi connectivity index (χ3v) is 2.75. The summed E-state index contributed by atoms with van der Waals surface area (Å²) in [6.07, 6.45) is 0. The molecule has 1 aromatic heterocycles. The Kier molecular flexibility index (Phi) is 2.26. The van der Waals surface area contributed by atoms with Crippen molar-refractivity contribution in [3.05, 3.63) is 22.4 Å². The van der Waals surface area contributed by atoms with Gasteiger partial charge in [-0.1, -0.05) is 36.7 Å². The maximum Gasteiger partial charge on any atom is 0.112 e. The molecule has 15 heavy (non-hydrogen) atoms. The van der Waals surface area contributed by atoms with Gasteiger partial charge < -0.3 is 10.7 Å². The van der Waals surface area contributed by atoms with Crippen LogP contribution in [0.25, 0.3) is 11.0 Å². The second-order valence-corrected chi connectivity index (χ2v) is 5.64. The molecule has 2 rings (SSSR count). The molecule has 4 heteroatoms. The van der Waals surface area contributed by atoms with Gasteiger partial charge in [0.2, 0.25) is 0 Å². The van der Waals surface area contributed by atoms with E-state index in [1.807, 2.05) is 12.1 Å². The van der Waals surface area contributed by atoms with E-state index in [0.29, 0.717) is 5.69 Å². The number of nitrogen functional groups attached to an aromatic ring is 1. The number of fused-ring (bicyclic) bond motifs is 1. The number of rotatable bonds is 0. The summed E-state index contributed by atoms with van der Waals surface area (Å²) in [5.41, 5.74) is 8.44. The van der Waals surface area contributed by atoms with E-state index in [4.69, 9.17) is 5.73 Å². The number of aromatic amines is 1. The summed E-state index contributed by atoms with van der Waals surface area (Å²) in [6, 6.07) is 3.86. The van der Waals surface area contributed by atoms with Gasteiger partial charge >= 0.3 is 0 Å². The first-order valence-corrected chi connectivity index (χ1v) is 5.62. The molecule has 3 N–H and O–H groups in total. The summed E-state index contributed by atoms with van der Waals surface area (Å²) in [5, 5.41) is 0. The lowest BCUT2D eigenvalue weighted by Gasteiger charge is -2.13.